The number of anilines is 2. The second-order valence-electron chi connectivity index (χ2n) is 5.01. The van der Waals surface area contributed by atoms with Crippen LogP contribution in [0.3, 0.4) is 0 Å². The predicted octanol–water partition coefficient (Wildman–Crippen LogP) is 0.805. The van der Waals surface area contributed by atoms with Gasteiger partial charge in [0.1, 0.15) is 12.2 Å². The lowest BCUT2D eigenvalue weighted by atomic mass is 10.2. The highest BCUT2D eigenvalue weighted by Gasteiger charge is 2.35. The fourth-order valence-corrected chi connectivity index (χ4v) is 2.75. The van der Waals surface area contributed by atoms with Crippen LogP contribution in [0.1, 0.15) is 19.0 Å². The van der Waals surface area contributed by atoms with E-state index in [-0.39, 0.29) is 12.2 Å². The molecule has 2 rings (SSSR count). The van der Waals surface area contributed by atoms with Crippen LogP contribution < -0.4 is 10.6 Å². The van der Waals surface area contributed by atoms with Crippen LogP contribution in [-0.2, 0) is 22.9 Å². The van der Waals surface area contributed by atoms with Crippen LogP contribution >= 0.6 is 0 Å². The number of nitrogens with two attached hydrogens (primary N) is 1. The van der Waals surface area contributed by atoms with Gasteiger partial charge in [-0.2, -0.15) is 5.10 Å². The number of nitrogens with zero attached hydrogens (tertiary/aromatic N) is 3. The third-order valence-electron chi connectivity index (χ3n) is 3.74. The smallest absolute Gasteiger partial charge is 0.150 e. The van der Waals surface area contributed by atoms with E-state index < -0.39 is 0 Å². The third kappa shape index (κ3) is 2.55. The van der Waals surface area contributed by atoms with Crippen LogP contribution in [0.2, 0.25) is 0 Å². The van der Waals surface area contributed by atoms with Crippen LogP contribution in [0, 0.1) is 0 Å². The first kappa shape index (κ1) is 14.1. The van der Waals surface area contributed by atoms with Crippen LogP contribution in [0.25, 0.3) is 0 Å². The summed E-state index contributed by atoms with van der Waals surface area (Å²) in [5.41, 5.74) is 8.01. The van der Waals surface area contributed by atoms with E-state index in [1.165, 1.54) is 0 Å². The second kappa shape index (κ2) is 5.79. The van der Waals surface area contributed by atoms with Crippen molar-refractivity contribution in [2.75, 3.05) is 37.9 Å². The summed E-state index contributed by atoms with van der Waals surface area (Å²) in [6, 6.07) is 0. The van der Waals surface area contributed by atoms with Crippen molar-refractivity contribution in [2.45, 2.75) is 32.0 Å². The molecule has 1 aliphatic heterocycles. The monoisotopic (exact) mass is 268 g/mol. The number of nitrogen functional groups attached to an aromatic ring is 1. The maximum Gasteiger partial charge on any atom is 0.150 e. The van der Waals surface area contributed by atoms with Crippen molar-refractivity contribution in [1.29, 1.82) is 0 Å². The Morgan fingerprint density at radius 1 is 1.26 bits per heavy atom. The Kier molecular flexibility index (Phi) is 4.31. The number of hydrogen-bond acceptors (Lipinski definition) is 5. The second-order valence-corrected chi connectivity index (χ2v) is 5.01. The van der Waals surface area contributed by atoms with Crippen molar-refractivity contribution >= 4 is 11.5 Å². The molecule has 0 aromatic carbocycles. The average Bonchev–Trinajstić information content (AvgIpc) is 2.91. The zero-order valence-corrected chi connectivity index (χ0v) is 12.2. The van der Waals surface area contributed by atoms with E-state index in [0.717, 1.165) is 43.1 Å². The first-order valence-corrected chi connectivity index (χ1v) is 6.74. The molecular formula is C13H24N4O2. The van der Waals surface area contributed by atoms with E-state index in [0.29, 0.717) is 0 Å². The minimum Gasteiger partial charge on any atom is -0.394 e. The molecule has 0 radical (unpaired) electrons. The molecule has 0 bridgehead atoms. The molecule has 1 aliphatic rings. The molecule has 6 nitrogen and oxygen atoms in total. The van der Waals surface area contributed by atoms with Crippen LogP contribution in [0.5, 0.6) is 0 Å². The minimum atomic E-state index is 0.0777. The van der Waals surface area contributed by atoms with Crippen molar-refractivity contribution in [1.82, 2.24) is 9.78 Å². The number of ether oxygens (including phenoxy) is 2. The zero-order chi connectivity index (χ0) is 14.0. The molecule has 2 N–H and O–H groups in total. The third-order valence-corrected chi connectivity index (χ3v) is 3.74. The van der Waals surface area contributed by atoms with Crippen molar-refractivity contribution in [2.24, 2.45) is 7.05 Å². The summed E-state index contributed by atoms with van der Waals surface area (Å²) >= 11 is 0. The van der Waals surface area contributed by atoms with Gasteiger partial charge in [-0.25, -0.2) is 0 Å². The molecule has 108 valence electrons. The molecule has 2 unspecified atom stereocenters. The van der Waals surface area contributed by atoms with Crippen LogP contribution in [0.4, 0.5) is 11.5 Å². The number of hydrogen-bond donors (Lipinski definition) is 1. The predicted molar refractivity (Wildman–Crippen MR) is 75.4 cm³/mol. The first-order valence-electron chi connectivity index (χ1n) is 6.74. The van der Waals surface area contributed by atoms with Gasteiger partial charge in [0.2, 0.25) is 0 Å². The molecular weight excluding hydrogens is 244 g/mol. The maximum atomic E-state index is 6.24. The quantitative estimate of drug-likeness (QED) is 0.856. The summed E-state index contributed by atoms with van der Waals surface area (Å²) in [5.74, 6) is 0.977. The first-order chi connectivity index (χ1) is 9.12. The van der Waals surface area contributed by atoms with Crippen molar-refractivity contribution in [3.05, 3.63) is 5.69 Å². The summed E-state index contributed by atoms with van der Waals surface area (Å²) in [4.78, 5) is 2.20. The molecule has 6 heteroatoms. The highest BCUT2D eigenvalue weighted by Crippen LogP contribution is 2.30. The van der Waals surface area contributed by atoms with Gasteiger partial charge in [-0.15, -0.1) is 0 Å². The molecule has 1 saturated heterocycles. The van der Waals surface area contributed by atoms with Gasteiger partial charge >= 0.3 is 0 Å². The average molecular weight is 268 g/mol. The number of aromatic nitrogens is 2. The lowest BCUT2D eigenvalue weighted by Gasteiger charge is -2.18. The summed E-state index contributed by atoms with van der Waals surface area (Å²) in [6.07, 6.45) is 2.11. The Labute approximate surface area is 114 Å². The number of methoxy groups -OCH3 is 2. The van der Waals surface area contributed by atoms with Crippen LogP contribution in [0.15, 0.2) is 0 Å². The van der Waals surface area contributed by atoms with Crippen molar-refractivity contribution in [3.63, 3.8) is 0 Å². The lowest BCUT2D eigenvalue weighted by molar-refractivity contribution is -0.00461. The van der Waals surface area contributed by atoms with E-state index in [1.807, 2.05) is 11.7 Å². The van der Waals surface area contributed by atoms with E-state index in [2.05, 4.69) is 16.9 Å². The summed E-state index contributed by atoms with van der Waals surface area (Å²) in [7, 11) is 5.37. The standard InChI is InChI=1S/C13H24N4O2/c1-5-6-9-12(14)13(16(2)15-9)17-7-10(18-3)11(8-17)19-4/h10-11H,5-8,14H2,1-4H3. The van der Waals surface area contributed by atoms with Gasteiger partial charge in [0.25, 0.3) is 0 Å². The fourth-order valence-electron chi connectivity index (χ4n) is 2.75. The van der Waals surface area contributed by atoms with Crippen molar-refractivity contribution in [3.8, 4) is 0 Å². The van der Waals surface area contributed by atoms with Gasteiger partial charge in [-0.1, -0.05) is 13.3 Å². The molecule has 0 spiro atoms. The molecule has 2 atom stereocenters. The molecule has 1 aromatic heterocycles. The lowest BCUT2D eigenvalue weighted by Crippen LogP contribution is -2.27. The Balaban J connectivity index is 2.23. The topological polar surface area (TPSA) is 65.5 Å². The van der Waals surface area contributed by atoms with Gasteiger partial charge in [-0.05, 0) is 6.42 Å². The van der Waals surface area contributed by atoms with Gasteiger partial charge in [0, 0.05) is 34.4 Å². The molecule has 0 saturated carbocycles. The molecule has 19 heavy (non-hydrogen) atoms. The molecule has 0 amide bonds. The Hall–Kier alpha value is -1.27. The Bertz CT molecular complexity index is 421. The Morgan fingerprint density at radius 2 is 1.84 bits per heavy atom. The van der Waals surface area contributed by atoms with Gasteiger partial charge in [-0.3, -0.25) is 4.68 Å². The molecule has 0 aliphatic carbocycles. The fraction of sp³-hybridized carbons (Fsp3) is 0.769. The SMILES string of the molecule is CCCc1nn(C)c(N2CC(OC)C(OC)C2)c1N. The number of rotatable bonds is 5. The minimum absolute atomic E-state index is 0.0777. The largest absolute Gasteiger partial charge is 0.394 e. The van der Waals surface area contributed by atoms with E-state index >= 15 is 0 Å². The number of aryl methyl sites for hydroxylation is 2. The molecule has 1 aromatic rings. The summed E-state index contributed by atoms with van der Waals surface area (Å²) in [5, 5.41) is 4.51. The zero-order valence-electron chi connectivity index (χ0n) is 12.2. The van der Waals surface area contributed by atoms with Gasteiger partial charge in [0.15, 0.2) is 5.82 Å². The van der Waals surface area contributed by atoms with E-state index in [9.17, 15) is 0 Å². The van der Waals surface area contributed by atoms with Crippen molar-refractivity contribution < 1.29 is 9.47 Å². The van der Waals surface area contributed by atoms with E-state index in [1.54, 1.807) is 14.2 Å². The van der Waals surface area contributed by atoms with E-state index in [4.69, 9.17) is 15.2 Å². The summed E-state index contributed by atoms with van der Waals surface area (Å²) < 4.78 is 12.8. The summed E-state index contributed by atoms with van der Waals surface area (Å²) in [6.45, 7) is 3.69. The molecule has 2 heterocycles. The highest BCUT2D eigenvalue weighted by molar-refractivity contribution is 5.67. The van der Waals surface area contributed by atoms with Crippen LogP contribution in [-0.4, -0.2) is 49.3 Å². The maximum absolute atomic E-state index is 6.24. The van der Waals surface area contributed by atoms with Gasteiger partial charge < -0.3 is 20.1 Å². The highest BCUT2D eigenvalue weighted by atomic mass is 16.5. The van der Waals surface area contributed by atoms with Gasteiger partial charge in [0.05, 0.1) is 11.4 Å². The molecule has 1 fully saturated rings. The Morgan fingerprint density at radius 3 is 2.32 bits per heavy atom. The normalized spacial score (nSPS) is 23.3.